The van der Waals surface area contributed by atoms with Crippen molar-refractivity contribution in [2.24, 2.45) is 5.73 Å². The molecule has 0 aliphatic carbocycles. The van der Waals surface area contributed by atoms with Gasteiger partial charge >= 0.3 is 5.97 Å². The van der Waals surface area contributed by atoms with E-state index in [4.69, 9.17) is 32.6 Å². The van der Waals surface area contributed by atoms with Gasteiger partial charge in [-0.15, -0.1) is 0 Å². The number of nitrogens with two attached hydrogens (primary N) is 1. The fourth-order valence-corrected chi connectivity index (χ4v) is 1.57. The van der Waals surface area contributed by atoms with Crippen molar-refractivity contribution in [2.75, 3.05) is 6.61 Å². The molecule has 102 valence electrons. The Morgan fingerprint density at radius 3 is 2.58 bits per heavy atom. The number of carbonyl (C=O) groups excluding carboxylic acids is 1. The molecule has 0 atom stereocenters. The Labute approximate surface area is 114 Å². The maximum Gasteiger partial charge on any atom is 0.341 e. The van der Waals surface area contributed by atoms with E-state index in [0.29, 0.717) is 5.56 Å². The summed E-state index contributed by atoms with van der Waals surface area (Å²) < 4.78 is 4.96. The van der Waals surface area contributed by atoms with Gasteiger partial charge in [0, 0.05) is 12.1 Å². The van der Waals surface area contributed by atoms with E-state index in [2.05, 4.69) is 0 Å². The van der Waals surface area contributed by atoms with Gasteiger partial charge in [-0.25, -0.2) is 4.79 Å². The van der Waals surface area contributed by atoms with Crippen molar-refractivity contribution in [1.82, 2.24) is 0 Å². The second-order valence-corrected chi connectivity index (χ2v) is 4.18. The minimum Gasteiger partial charge on any atom is -0.480 e. The molecule has 0 aliphatic heterocycles. The first-order valence-corrected chi connectivity index (χ1v) is 5.78. The topological polar surface area (TPSA) is 113 Å². The number of hydrogen-bond acceptors (Lipinski definition) is 4. The Balaban J connectivity index is 2.72. The zero-order chi connectivity index (χ0) is 14.4. The number of carboxylic acids is 1. The van der Waals surface area contributed by atoms with Crippen LogP contribution < -0.4 is 10.5 Å². The molecule has 0 bridgehead atoms. The number of primary amides is 1. The molecule has 0 unspecified atom stereocenters. The van der Waals surface area contributed by atoms with E-state index in [-0.39, 0.29) is 29.3 Å². The largest absolute Gasteiger partial charge is 0.480 e. The summed E-state index contributed by atoms with van der Waals surface area (Å²) >= 11 is 5.91. The van der Waals surface area contributed by atoms with Gasteiger partial charge in [0.2, 0.25) is 5.91 Å². The third kappa shape index (κ3) is 4.97. The lowest BCUT2D eigenvalue weighted by Crippen LogP contribution is -2.13. The van der Waals surface area contributed by atoms with Crippen LogP contribution in [0.5, 0.6) is 5.75 Å². The minimum absolute atomic E-state index is 0.0910. The van der Waals surface area contributed by atoms with Crippen LogP contribution in [0.1, 0.15) is 18.4 Å². The molecule has 0 heterocycles. The van der Waals surface area contributed by atoms with Crippen LogP contribution in [0.3, 0.4) is 0 Å². The number of carboxylic acid groups (broad SMARTS) is 1. The van der Waals surface area contributed by atoms with Gasteiger partial charge in [0.25, 0.3) is 0 Å². The van der Waals surface area contributed by atoms with Crippen molar-refractivity contribution in [3.63, 3.8) is 0 Å². The van der Waals surface area contributed by atoms with Gasteiger partial charge in [-0.2, -0.15) is 0 Å². The average Bonchev–Trinajstić information content (AvgIpc) is 2.34. The molecule has 0 aliphatic rings. The summed E-state index contributed by atoms with van der Waals surface area (Å²) in [6.45, 7) is -0.488. The molecule has 1 aromatic rings. The van der Waals surface area contributed by atoms with Gasteiger partial charge in [-0.05, 0) is 30.2 Å². The summed E-state index contributed by atoms with van der Waals surface area (Å²) in [5.74, 6) is -1.35. The number of carbonyl (C=O) groups is 2. The number of rotatable bonds is 7. The maximum absolute atomic E-state index is 10.6. The molecule has 1 aromatic carbocycles. The van der Waals surface area contributed by atoms with E-state index in [1.165, 1.54) is 12.1 Å². The van der Waals surface area contributed by atoms with Gasteiger partial charge in [-0.3, -0.25) is 4.79 Å². The van der Waals surface area contributed by atoms with Crippen LogP contribution in [0.2, 0.25) is 5.02 Å². The molecule has 19 heavy (non-hydrogen) atoms. The highest BCUT2D eigenvalue weighted by Crippen LogP contribution is 2.26. The number of halogens is 1. The molecule has 0 saturated heterocycles. The first kappa shape index (κ1) is 15.0. The third-order valence-electron chi connectivity index (χ3n) is 2.25. The fraction of sp³-hybridized carbons (Fsp3) is 0.250. The molecule has 7 heteroatoms. The summed E-state index contributed by atoms with van der Waals surface area (Å²) in [4.78, 5) is 21.0. The Hall–Kier alpha value is -2.08. The summed E-state index contributed by atoms with van der Waals surface area (Å²) in [6, 6.07) is 4.55. The molecule has 6 nitrogen and oxygen atoms in total. The smallest absolute Gasteiger partial charge is 0.341 e. The lowest BCUT2D eigenvalue weighted by molar-refractivity contribution is -0.139. The fourth-order valence-electron chi connectivity index (χ4n) is 1.34. The normalized spacial score (nSPS) is 9.95. The first-order chi connectivity index (χ1) is 8.90. The van der Waals surface area contributed by atoms with Crippen molar-refractivity contribution in [2.45, 2.75) is 12.8 Å². The van der Waals surface area contributed by atoms with Crippen molar-refractivity contribution >= 4 is 29.2 Å². The van der Waals surface area contributed by atoms with Crippen LogP contribution in [0.25, 0.3) is 0 Å². The second-order valence-electron chi connectivity index (χ2n) is 3.77. The summed E-state index contributed by atoms with van der Waals surface area (Å²) in [7, 11) is 0. The predicted molar refractivity (Wildman–Crippen MR) is 69.8 cm³/mol. The predicted octanol–water partition coefficient (Wildman–Crippen LogP) is 1.44. The highest BCUT2D eigenvalue weighted by molar-refractivity contribution is 6.32. The van der Waals surface area contributed by atoms with E-state index in [9.17, 15) is 9.59 Å². The zero-order valence-corrected chi connectivity index (χ0v) is 10.7. The number of nitrogens with one attached hydrogen (secondary N) is 1. The molecule has 4 N–H and O–H groups in total. The Morgan fingerprint density at radius 1 is 1.37 bits per heavy atom. The minimum atomic E-state index is -1.10. The van der Waals surface area contributed by atoms with E-state index in [1.807, 2.05) is 0 Å². The molecule has 1 amide bonds. The van der Waals surface area contributed by atoms with Gasteiger partial charge in [0.05, 0.1) is 5.02 Å². The molecule has 0 aromatic heterocycles. The van der Waals surface area contributed by atoms with E-state index >= 15 is 0 Å². The van der Waals surface area contributed by atoms with Crippen LogP contribution in [-0.4, -0.2) is 29.3 Å². The van der Waals surface area contributed by atoms with Crippen molar-refractivity contribution in [1.29, 1.82) is 5.41 Å². The number of hydrogen-bond donors (Lipinski definition) is 3. The maximum atomic E-state index is 10.6. The summed E-state index contributed by atoms with van der Waals surface area (Å²) in [6.07, 6.45) is 0.314. The summed E-state index contributed by atoms with van der Waals surface area (Å²) in [5, 5.41) is 16.5. The number of aliphatic carboxylic acids is 1. The Kier molecular flexibility index (Phi) is 5.32. The standard InChI is InChI=1S/C12H13ClN2O4/c13-8-5-7(9(14)2-4-11(15)16)1-3-10(8)19-6-12(17)18/h1,3,5,14H,2,4,6H2,(H2,15,16)(H,17,18). The van der Waals surface area contributed by atoms with Crippen molar-refractivity contribution < 1.29 is 19.4 Å². The lowest BCUT2D eigenvalue weighted by Gasteiger charge is -2.08. The first-order valence-electron chi connectivity index (χ1n) is 5.40. The van der Waals surface area contributed by atoms with Crippen LogP contribution in [-0.2, 0) is 9.59 Å². The molecular weight excluding hydrogens is 272 g/mol. The van der Waals surface area contributed by atoms with Gasteiger partial charge in [0.15, 0.2) is 6.61 Å². The lowest BCUT2D eigenvalue weighted by atomic mass is 10.1. The highest BCUT2D eigenvalue weighted by Gasteiger charge is 2.09. The monoisotopic (exact) mass is 284 g/mol. The number of benzene rings is 1. The molecule has 1 rings (SSSR count). The van der Waals surface area contributed by atoms with Crippen molar-refractivity contribution in [3.8, 4) is 5.75 Å². The van der Waals surface area contributed by atoms with Crippen LogP contribution >= 0.6 is 11.6 Å². The zero-order valence-electron chi connectivity index (χ0n) is 9.98. The molecular formula is C12H13ClN2O4. The van der Waals surface area contributed by atoms with E-state index in [1.54, 1.807) is 6.07 Å². The van der Waals surface area contributed by atoms with Crippen LogP contribution in [0.4, 0.5) is 0 Å². The highest BCUT2D eigenvalue weighted by atomic mass is 35.5. The molecule has 0 fully saturated rings. The molecule has 0 spiro atoms. The van der Waals surface area contributed by atoms with Gasteiger partial charge in [-0.1, -0.05) is 11.6 Å². The number of ether oxygens (including phenoxy) is 1. The number of amides is 1. The Bertz CT molecular complexity index is 516. The molecule has 0 saturated carbocycles. The van der Waals surface area contributed by atoms with Crippen molar-refractivity contribution in [3.05, 3.63) is 28.8 Å². The SMILES string of the molecule is N=C(CCC(N)=O)c1ccc(OCC(=O)O)c(Cl)c1. The molecule has 0 radical (unpaired) electrons. The third-order valence-corrected chi connectivity index (χ3v) is 2.55. The van der Waals surface area contributed by atoms with E-state index in [0.717, 1.165) is 0 Å². The van der Waals surface area contributed by atoms with Crippen LogP contribution in [0.15, 0.2) is 18.2 Å². The Morgan fingerprint density at radius 2 is 2.05 bits per heavy atom. The van der Waals surface area contributed by atoms with E-state index < -0.39 is 18.5 Å². The second kappa shape index (κ2) is 6.75. The average molecular weight is 285 g/mol. The van der Waals surface area contributed by atoms with Crippen LogP contribution in [0, 0.1) is 5.41 Å². The summed E-state index contributed by atoms with van der Waals surface area (Å²) in [5.41, 5.74) is 5.77. The van der Waals surface area contributed by atoms with Gasteiger partial charge in [0.1, 0.15) is 5.75 Å². The quantitative estimate of drug-likeness (QED) is 0.657. The van der Waals surface area contributed by atoms with Gasteiger partial charge < -0.3 is 21.0 Å².